The maximum absolute atomic E-state index is 12.7. The maximum atomic E-state index is 12.7. The van der Waals surface area contributed by atoms with Crippen molar-refractivity contribution in [2.24, 2.45) is 0 Å². The van der Waals surface area contributed by atoms with Gasteiger partial charge in [-0.1, -0.05) is 12.1 Å². The first-order valence-corrected chi connectivity index (χ1v) is 8.58. The fraction of sp³-hybridized carbons (Fsp3) is 0.353. The van der Waals surface area contributed by atoms with Crippen LogP contribution in [0.2, 0.25) is 0 Å². The number of hydrogen-bond donors (Lipinski definition) is 1. The summed E-state index contributed by atoms with van der Waals surface area (Å²) >= 11 is 1.56. The van der Waals surface area contributed by atoms with Crippen LogP contribution in [0.15, 0.2) is 35.8 Å². The molecule has 23 heavy (non-hydrogen) atoms. The van der Waals surface area contributed by atoms with Gasteiger partial charge in [0.2, 0.25) is 5.91 Å². The number of carbonyl (C=O) groups is 2. The lowest BCUT2D eigenvalue weighted by atomic mass is 10.0. The highest BCUT2D eigenvalue weighted by molar-refractivity contribution is 7.13. The number of likely N-dealkylation sites (tertiary alicyclic amines) is 1. The standard InChI is InChI=1S/C17H19N3O2S/c1-12(21)19-15-6-3-8-20(11-15)17(22)14-5-2-4-13(10-14)16-18-7-9-23-16/h2,4-5,7,9-10,15H,3,6,8,11H2,1H3,(H,19,21)/t15-/m0/s1. The van der Waals surface area contributed by atoms with Crippen molar-refractivity contribution in [1.29, 1.82) is 0 Å². The molecule has 3 rings (SSSR count). The summed E-state index contributed by atoms with van der Waals surface area (Å²) in [5.41, 5.74) is 1.63. The van der Waals surface area contributed by atoms with Gasteiger partial charge in [-0.25, -0.2) is 4.98 Å². The minimum atomic E-state index is -0.0462. The first-order valence-electron chi connectivity index (χ1n) is 7.70. The van der Waals surface area contributed by atoms with Crippen LogP contribution in [0.4, 0.5) is 0 Å². The molecular weight excluding hydrogens is 310 g/mol. The van der Waals surface area contributed by atoms with E-state index in [1.54, 1.807) is 17.5 Å². The molecule has 120 valence electrons. The lowest BCUT2D eigenvalue weighted by molar-refractivity contribution is -0.120. The van der Waals surface area contributed by atoms with E-state index in [9.17, 15) is 9.59 Å². The molecule has 2 heterocycles. The van der Waals surface area contributed by atoms with Crippen molar-refractivity contribution < 1.29 is 9.59 Å². The van der Waals surface area contributed by atoms with Gasteiger partial charge >= 0.3 is 0 Å². The molecule has 1 aromatic carbocycles. The van der Waals surface area contributed by atoms with Crippen LogP contribution in [0.1, 0.15) is 30.1 Å². The van der Waals surface area contributed by atoms with Crippen molar-refractivity contribution in [1.82, 2.24) is 15.2 Å². The van der Waals surface area contributed by atoms with E-state index in [-0.39, 0.29) is 17.9 Å². The number of amides is 2. The van der Waals surface area contributed by atoms with Gasteiger partial charge < -0.3 is 10.2 Å². The number of nitrogens with zero attached hydrogens (tertiary/aromatic N) is 2. The topological polar surface area (TPSA) is 62.3 Å². The van der Waals surface area contributed by atoms with E-state index < -0.39 is 0 Å². The van der Waals surface area contributed by atoms with Gasteiger partial charge in [-0.2, -0.15) is 0 Å². The predicted octanol–water partition coefficient (Wildman–Crippen LogP) is 2.55. The summed E-state index contributed by atoms with van der Waals surface area (Å²) in [6, 6.07) is 7.63. The number of hydrogen-bond acceptors (Lipinski definition) is 4. The van der Waals surface area contributed by atoms with Gasteiger partial charge in [-0.05, 0) is 25.0 Å². The highest BCUT2D eigenvalue weighted by Gasteiger charge is 2.25. The second-order valence-electron chi connectivity index (χ2n) is 5.71. The molecule has 1 aromatic heterocycles. The van der Waals surface area contributed by atoms with E-state index in [0.717, 1.165) is 30.0 Å². The number of rotatable bonds is 3. The lowest BCUT2D eigenvalue weighted by Gasteiger charge is -2.33. The quantitative estimate of drug-likeness (QED) is 0.941. The minimum absolute atomic E-state index is 0.0125. The largest absolute Gasteiger partial charge is 0.352 e. The molecular formula is C17H19N3O2S. The molecule has 5 nitrogen and oxygen atoms in total. The third-order valence-electron chi connectivity index (χ3n) is 3.90. The van der Waals surface area contributed by atoms with Gasteiger partial charge in [0.05, 0.1) is 0 Å². The highest BCUT2D eigenvalue weighted by atomic mass is 32.1. The van der Waals surface area contributed by atoms with Crippen LogP contribution in [-0.2, 0) is 4.79 Å². The molecule has 2 aromatic rings. The highest BCUT2D eigenvalue weighted by Crippen LogP contribution is 2.23. The first-order chi connectivity index (χ1) is 11.1. The fourth-order valence-electron chi connectivity index (χ4n) is 2.90. The Labute approximate surface area is 139 Å². The van der Waals surface area contributed by atoms with Gasteiger partial charge in [0.25, 0.3) is 5.91 Å². The molecule has 2 amide bonds. The van der Waals surface area contributed by atoms with Crippen LogP contribution in [-0.4, -0.2) is 40.8 Å². The van der Waals surface area contributed by atoms with E-state index in [4.69, 9.17) is 0 Å². The Morgan fingerprint density at radius 1 is 1.39 bits per heavy atom. The average molecular weight is 329 g/mol. The Bertz CT molecular complexity index is 700. The van der Waals surface area contributed by atoms with Gasteiger partial charge in [0.1, 0.15) is 5.01 Å². The smallest absolute Gasteiger partial charge is 0.253 e. The van der Waals surface area contributed by atoms with Crippen molar-refractivity contribution >= 4 is 23.2 Å². The molecule has 0 radical (unpaired) electrons. The molecule has 0 spiro atoms. The molecule has 1 atom stereocenters. The second-order valence-corrected chi connectivity index (χ2v) is 6.60. The summed E-state index contributed by atoms with van der Waals surface area (Å²) in [6.45, 7) is 2.81. The van der Waals surface area contributed by atoms with Crippen molar-refractivity contribution in [2.75, 3.05) is 13.1 Å². The van der Waals surface area contributed by atoms with Crippen LogP contribution in [0.25, 0.3) is 10.6 Å². The number of carbonyl (C=O) groups excluding carboxylic acids is 2. The zero-order valence-corrected chi connectivity index (χ0v) is 13.8. The van der Waals surface area contributed by atoms with Crippen LogP contribution >= 0.6 is 11.3 Å². The molecule has 0 saturated carbocycles. The molecule has 0 unspecified atom stereocenters. The fourth-order valence-corrected chi connectivity index (χ4v) is 3.54. The predicted molar refractivity (Wildman–Crippen MR) is 90.3 cm³/mol. The Morgan fingerprint density at radius 2 is 2.26 bits per heavy atom. The molecule has 1 fully saturated rings. The van der Waals surface area contributed by atoms with Crippen molar-refractivity contribution in [3.63, 3.8) is 0 Å². The average Bonchev–Trinajstić information content (AvgIpc) is 3.08. The molecule has 0 aliphatic carbocycles. The first kappa shape index (κ1) is 15.7. The summed E-state index contributed by atoms with van der Waals surface area (Å²) in [4.78, 5) is 30.1. The minimum Gasteiger partial charge on any atom is -0.352 e. The zero-order chi connectivity index (χ0) is 16.2. The van der Waals surface area contributed by atoms with Crippen molar-refractivity contribution in [3.8, 4) is 10.6 Å². The van der Waals surface area contributed by atoms with Crippen molar-refractivity contribution in [2.45, 2.75) is 25.8 Å². The van der Waals surface area contributed by atoms with Crippen LogP contribution in [0.3, 0.4) is 0 Å². The van der Waals surface area contributed by atoms with E-state index in [2.05, 4.69) is 10.3 Å². The van der Waals surface area contributed by atoms with E-state index >= 15 is 0 Å². The third-order valence-corrected chi connectivity index (χ3v) is 4.73. The van der Waals surface area contributed by atoms with Crippen LogP contribution < -0.4 is 5.32 Å². The van der Waals surface area contributed by atoms with E-state index in [1.165, 1.54) is 6.92 Å². The molecule has 0 bridgehead atoms. The number of piperidine rings is 1. The number of nitrogens with one attached hydrogen (secondary N) is 1. The van der Waals surface area contributed by atoms with Gasteiger partial charge in [-0.15, -0.1) is 11.3 Å². The number of benzene rings is 1. The summed E-state index contributed by atoms with van der Waals surface area (Å²) in [7, 11) is 0. The SMILES string of the molecule is CC(=O)N[C@H]1CCCN(C(=O)c2cccc(-c3nccs3)c2)C1. The molecule has 1 aliphatic heterocycles. The summed E-state index contributed by atoms with van der Waals surface area (Å²) in [6.07, 6.45) is 3.59. The Morgan fingerprint density at radius 3 is 3.00 bits per heavy atom. The van der Waals surface area contributed by atoms with Crippen LogP contribution in [0.5, 0.6) is 0 Å². The summed E-state index contributed by atoms with van der Waals surface area (Å²) < 4.78 is 0. The third kappa shape index (κ3) is 3.76. The molecule has 6 heteroatoms. The molecule has 1 N–H and O–H groups in total. The summed E-state index contributed by atoms with van der Waals surface area (Å²) in [5, 5.41) is 5.75. The Balaban J connectivity index is 1.75. The normalized spacial score (nSPS) is 17.8. The molecule has 1 aliphatic rings. The molecule has 1 saturated heterocycles. The zero-order valence-electron chi connectivity index (χ0n) is 13.0. The van der Waals surface area contributed by atoms with Crippen LogP contribution in [0, 0.1) is 0 Å². The van der Waals surface area contributed by atoms with Gasteiger partial charge in [-0.3, -0.25) is 9.59 Å². The second kappa shape index (κ2) is 6.91. The summed E-state index contributed by atoms with van der Waals surface area (Å²) in [5.74, 6) is -0.0338. The maximum Gasteiger partial charge on any atom is 0.253 e. The number of thiazole rings is 1. The monoisotopic (exact) mass is 329 g/mol. The Kier molecular flexibility index (Phi) is 4.71. The Hall–Kier alpha value is -2.21. The van der Waals surface area contributed by atoms with E-state index in [0.29, 0.717) is 12.1 Å². The van der Waals surface area contributed by atoms with Crippen molar-refractivity contribution in [3.05, 3.63) is 41.4 Å². The van der Waals surface area contributed by atoms with Gasteiger partial charge in [0.15, 0.2) is 0 Å². The van der Waals surface area contributed by atoms with Gasteiger partial charge in [0, 0.05) is 48.8 Å². The van der Waals surface area contributed by atoms with E-state index in [1.807, 2.05) is 34.5 Å². The lowest BCUT2D eigenvalue weighted by Crippen LogP contribution is -2.49. The number of aromatic nitrogens is 1.